The molecule has 1 fully saturated rings. The summed E-state index contributed by atoms with van der Waals surface area (Å²) in [4.78, 5) is 8.16. The number of nitrogens with one attached hydrogen (secondary N) is 1. The molecule has 4 heteroatoms. The van der Waals surface area contributed by atoms with Crippen molar-refractivity contribution in [2.45, 2.75) is 31.7 Å². The van der Waals surface area contributed by atoms with Crippen LogP contribution in [0.2, 0.25) is 0 Å². The number of aromatic nitrogens is 2. The first-order chi connectivity index (χ1) is 8.65. The van der Waals surface area contributed by atoms with E-state index < -0.39 is 0 Å². The Balaban J connectivity index is 1.96. The zero-order valence-electron chi connectivity index (χ0n) is 10.3. The molecule has 1 heterocycles. The van der Waals surface area contributed by atoms with E-state index in [1.54, 1.807) is 0 Å². The van der Waals surface area contributed by atoms with Crippen LogP contribution in [0.4, 0.5) is 0 Å². The van der Waals surface area contributed by atoms with Gasteiger partial charge in [0, 0.05) is 27.7 Å². The summed E-state index contributed by atoms with van der Waals surface area (Å²) in [7, 11) is 0. The number of nitrogens with zero attached hydrogens (tertiary/aromatic N) is 1. The molecule has 0 radical (unpaired) electrons. The van der Waals surface area contributed by atoms with Gasteiger partial charge in [-0.3, -0.25) is 0 Å². The SMILES string of the molecule is Cc1[nH]c(C2CC(N)C2)nc1-c1ccccc1Br. The quantitative estimate of drug-likeness (QED) is 0.894. The predicted octanol–water partition coefficient (Wildman–Crippen LogP) is 3.35. The van der Waals surface area contributed by atoms with E-state index in [9.17, 15) is 0 Å². The molecular weight excluding hydrogens is 290 g/mol. The second-order valence-electron chi connectivity index (χ2n) is 5.00. The molecule has 1 aromatic carbocycles. The minimum absolute atomic E-state index is 0.354. The van der Waals surface area contributed by atoms with Crippen molar-refractivity contribution in [3.05, 3.63) is 40.3 Å². The summed E-state index contributed by atoms with van der Waals surface area (Å²) in [5, 5.41) is 0. The average Bonchev–Trinajstić information content (AvgIpc) is 2.67. The van der Waals surface area contributed by atoms with Crippen LogP contribution in [0.25, 0.3) is 11.3 Å². The molecule has 0 amide bonds. The van der Waals surface area contributed by atoms with Crippen LogP contribution in [0.3, 0.4) is 0 Å². The smallest absolute Gasteiger partial charge is 0.110 e. The van der Waals surface area contributed by atoms with Crippen molar-refractivity contribution < 1.29 is 0 Å². The molecule has 3 N–H and O–H groups in total. The van der Waals surface area contributed by atoms with E-state index in [-0.39, 0.29) is 0 Å². The summed E-state index contributed by atoms with van der Waals surface area (Å²) in [6, 6.07) is 8.54. The van der Waals surface area contributed by atoms with Gasteiger partial charge in [-0.15, -0.1) is 0 Å². The van der Waals surface area contributed by atoms with Crippen molar-refractivity contribution in [3.8, 4) is 11.3 Å². The topological polar surface area (TPSA) is 54.7 Å². The average molecular weight is 306 g/mol. The number of halogens is 1. The van der Waals surface area contributed by atoms with Crippen LogP contribution in [0, 0.1) is 6.92 Å². The lowest BCUT2D eigenvalue weighted by Gasteiger charge is -2.30. The van der Waals surface area contributed by atoms with Gasteiger partial charge in [0.05, 0.1) is 5.69 Å². The molecule has 2 aromatic rings. The van der Waals surface area contributed by atoms with E-state index >= 15 is 0 Å². The van der Waals surface area contributed by atoms with Gasteiger partial charge in [0.25, 0.3) is 0 Å². The maximum atomic E-state index is 5.84. The first-order valence-corrected chi connectivity index (χ1v) is 7.01. The molecule has 0 atom stereocenters. The van der Waals surface area contributed by atoms with Crippen LogP contribution in [-0.4, -0.2) is 16.0 Å². The third kappa shape index (κ3) is 1.99. The number of aromatic amines is 1. The first-order valence-electron chi connectivity index (χ1n) is 6.22. The summed E-state index contributed by atoms with van der Waals surface area (Å²) in [6.45, 7) is 2.07. The normalized spacial score (nSPS) is 22.8. The molecule has 0 unspecified atom stereocenters. The minimum Gasteiger partial charge on any atom is -0.345 e. The Morgan fingerprint density at radius 2 is 2.06 bits per heavy atom. The summed E-state index contributed by atoms with van der Waals surface area (Å²) in [6.07, 6.45) is 2.09. The molecule has 18 heavy (non-hydrogen) atoms. The van der Waals surface area contributed by atoms with Gasteiger partial charge < -0.3 is 10.7 Å². The Bertz CT molecular complexity index is 570. The highest BCUT2D eigenvalue weighted by molar-refractivity contribution is 9.10. The van der Waals surface area contributed by atoms with E-state index in [1.807, 2.05) is 18.2 Å². The molecule has 0 bridgehead atoms. The molecule has 0 saturated heterocycles. The molecule has 1 aliphatic rings. The zero-order chi connectivity index (χ0) is 12.7. The van der Waals surface area contributed by atoms with Gasteiger partial charge in [0.1, 0.15) is 5.82 Å². The Morgan fingerprint density at radius 3 is 2.72 bits per heavy atom. The third-order valence-electron chi connectivity index (χ3n) is 3.59. The fourth-order valence-corrected chi connectivity index (χ4v) is 2.95. The van der Waals surface area contributed by atoms with E-state index in [0.29, 0.717) is 12.0 Å². The van der Waals surface area contributed by atoms with E-state index in [1.165, 1.54) is 0 Å². The zero-order valence-corrected chi connectivity index (χ0v) is 11.9. The van der Waals surface area contributed by atoms with Gasteiger partial charge in [-0.05, 0) is 25.8 Å². The second-order valence-corrected chi connectivity index (χ2v) is 5.86. The van der Waals surface area contributed by atoms with Crippen molar-refractivity contribution in [3.63, 3.8) is 0 Å². The van der Waals surface area contributed by atoms with Gasteiger partial charge in [0.2, 0.25) is 0 Å². The summed E-state index contributed by atoms with van der Waals surface area (Å²) < 4.78 is 1.08. The summed E-state index contributed by atoms with van der Waals surface area (Å²) in [5.74, 6) is 1.59. The van der Waals surface area contributed by atoms with Gasteiger partial charge in [0.15, 0.2) is 0 Å². The molecule has 3 rings (SSSR count). The number of H-pyrrole nitrogens is 1. The molecular formula is C14H16BrN3. The minimum atomic E-state index is 0.354. The Hall–Kier alpha value is -1.13. The van der Waals surface area contributed by atoms with Crippen LogP contribution < -0.4 is 5.73 Å². The molecule has 1 aliphatic carbocycles. The van der Waals surface area contributed by atoms with Crippen LogP contribution in [0.5, 0.6) is 0 Å². The number of hydrogen-bond acceptors (Lipinski definition) is 2. The Kier molecular flexibility index (Phi) is 2.99. The highest BCUT2D eigenvalue weighted by Gasteiger charge is 2.30. The maximum absolute atomic E-state index is 5.84. The van der Waals surface area contributed by atoms with Crippen LogP contribution >= 0.6 is 15.9 Å². The highest BCUT2D eigenvalue weighted by atomic mass is 79.9. The Labute approximate surface area is 115 Å². The third-order valence-corrected chi connectivity index (χ3v) is 4.28. The van der Waals surface area contributed by atoms with E-state index in [2.05, 4.69) is 33.9 Å². The van der Waals surface area contributed by atoms with Crippen molar-refractivity contribution in [2.24, 2.45) is 5.73 Å². The fraction of sp³-hybridized carbons (Fsp3) is 0.357. The van der Waals surface area contributed by atoms with Crippen molar-refractivity contribution in [1.82, 2.24) is 9.97 Å². The lowest BCUT2D eigenvalue weighted by molar-refractivity contribution is 0.340. The number of rotatable bonds is 2. The lowest BCUT2D eigenvalue weighted by atomic mass is 9.80. The maximum Gasteiger partial charge on any atom is 0.110 e. The van der Waals surface area contributed by atoms with Crippen LogP contribution in [-0.2, 0) is 0 Å². The summed E-state index contributed by atoms with van der Waals surface area (Å²) >= 11 is 3.58. The monoisotopic (exact) mass is 305 g/mol. The number of aryl methyl sites for hydroxylation is 1. The summed E-state index contributed by atoms with van der Waals surface area (Å²) in [5.41, 5.74) is 9.14. The van der Waals surface area contributed by atoms with Gasteiger partial charge in [-0.1, -0.05) is 34.1 Å². The van der Waals surface area contributed by atoms with Crippen molar-refractivity contribution >= 4 is 15.9 Å². The van der Waals surface area contributed by atoms with Crippen molar-refractivity contribution in [1.29, 1.82) is 0 Å². The fourth-order valence-electron chi connectivity index (χ4n) is 2.48. The number of benzene rings is 1. The highest BCUT2D eigenvalue weighted by Crippen LogP contribution is 2.36. The molecule has 1 saturated carbocycles. The Morgan fingerprint density at radius 1 is 1.33 bits per heavy atom. The van der Waals surface area contributed by atoms with E-state index in [0.717, 1.165) is 40.1 Å². The van der Waals surface area contributed by atoms with E-state index in [4.69, 9.17) is 10.7 Å². The van der Waals surface area contributed by atoms with Gasteiger partial charge in [-0.25, -0.2) is 4.98 Å². The molecule has 0 aliphatic heterocycles. The molecule has 3 nitrogen and oxygen atoms in total. The second kappa shape index (κ2) is 4.52. The standard InChI is InChI=1S/C14H16BrN3/c1-8-13(11-4-2-3-5-12(11)15)18-14(17-8)9-6-10(16)7-9/h2-5,9-10H,6-7,16H2,1H3,(H,17,18). The largest absolute Gasteiger partial charge is 0.345 e. The van der Waals surface area contributed by atoms with Crippen LogP contribution in [0.1, 0.15) is 30.3 Å². The number of hydrogen-bond donors (Lipinski definition) is 2. The van der Waals surface area contributed by atoms with Crippen LogP contribution in [0.15, 0.2) is 28.7 Å². The molecule has 1 aromatic heterocycles. The molecule has 0 spiro atoms. The lowest BCUT2D eigenvalue weighted by Crippen LogP contribution is -2.35. The van der Waals surface area contributed by atoms with Gasteiger partial charge in [-0.2, -0.15) is 0 Å². The first kappa shape index (κ1) is 11.9. The van der Waals surface area contributed by atoms with Gasteiger partial charge >= 0.3 is 0 Å². The predicted molar refractivity (Wildman–Crippen MR) is 76.4 cm³/mol. The number of nitrogens with two attached hydrogens (primary N) is 1. The van der Waals surface area contributed by atoms with Crippen molar-refractivity contribution in [2.75, 3.05) is 0 Å². The molecule has 94 valence electrons. The number of imidazole rings is 1.